The Labute approximate surface area is 131 Å². The summed E-state index contributed by atoms with van der Waals surface area (Å²) in [4.78, 5) is 4.43. The van der Waals surface area contributed by atoms with Crippen molar-refractivity contribution < 1.29 is 4.52 Å². The van der Waals surface area contributed by atoms with E-state index < -0.39 is 0 Å². The Morgan fingerprint density at radius 3 is 2.57 bits per heavy atom. The third-order valence-electron chi connectivity index (χ3n) is 3.14. The topological polar surface area (TPSA) is 64.9 Å². The molecule has 3 rings (SSSR count). The van der Waals surface area contributed by atoms with Gasteiger partial charge >= 0.3 is 0 Å². The van der Waals surface area contributed by atoms with Crippen molar-refractivity contribution in [3.05, 3.63) is 75.8 Å². The van der Waals surface area contributed by atoms with Gasteiger partial charge in [-0.2, -0.15) is 4.98 Å². The molecule has 2 N–H and O–H groups in total. The lowest BCUT2D eigenvalue weighted by Gasteiger charge is -2.01. The van der Waals surface area contributed by atoms with E-state index >= 15 is 0 Å². The maximum atomic E-state index is 5.77. The molecule has 0 aliphatic carbocycles. The van der Waals surface area contributed by atoms with Gasteiger partial charge in [0.15, 0.2) is 5.82 Å². The van der Waals surface area contributed by atoms with E-state index in [4.69, 9.17) is 10.3 Å². The summed E-state index contributed by atoms with van der Waals surface area (Å²) in [7, 11) is 0. The van der Waals surface area contributed by atoms with Crippen LogP contribution in [0.5, 0.6) is 0 Å². The van der Waals surface area contributed by atoms with Crippen molar-refractivity contribution in [2.75, 3.05) is 5.73 Å². The van der Waals surface area contributed by atoms with E-state index in [1.807, 2.05) is 48.5 Å². The zero-order valence-electron chi connectivity index (χ0n) is 11.3. The molecule has 0 unspecified atom stereocenters. The van der Waals surface area contributed by atoms with E-state index in [1.54, 1.807) is 0 Å². The normalized spacial score (nSPS) is 10.7. The molecule has 4 nitrogen and oxygen atoms in total. The van der Waals surface area contributed by atoms with Crippen LogP contribution in [-0.2, 0) is 12.8 Å². The summed E-state index contributed by atoms with van der Waals surface area (Å²) < 4.78 is 6.18. The number of aromatic nitrogens is 2. The number of halogens is 1. The Morgan fingerprint density at radius 1 is 1.00 bits per heavy atom. The van der Waals surface area contributed by atoms with Crippen molar-refractivity contribution in [3.63, 3.8) is 0 Å². The van der Waals surface area contributed by atoms with Crippen LogP contribution in [0.15, 0.2) is 57.5 Å². The lowest BCUT2D eigenvalue weighted by atomic mass is 10.1. The molecule has 1 heterocycles. The fourth-order valence-corrected chi connectivity index (χ4v) is 2.49. The van der Waals surface area contributed by atoms with E-state index in [-0.39, 0.29) is 0 Å². The predicted octanol–water partition coefficient (Wildman–Crippen LogP) is 3.60. The van der Waals surface area contributed by atoms with Crippen molar-refractivity contribution in [2.24, 2.45) is 0 Å². The maximum absolute atomic E-state index is 5.77. The Bertz CT molecular complexity index is 740. The van der Waals surface area contributed by atoms with Crippen LogP contribution in [0.2, 0.25) is 0 Å². The van der Waals surface area contributed by atoms with Gasteiger partial charge < -0.3 is 10.3 Å². The second-order valence-electron chi connectivity index (χ2n) is 4.80. The van der Waals surface area contributed by atoms with Gasteiger partial charge in [-0.05, 0) is 39.2 Å². The number of hydrogen-bond acceptors (Lipinski definition) is 4. The number of nitrogens with two attached hydrogens (primary N) is 1. The van der Waals surface area contributed by atoms with Gasteiger partial charge in [-0.15, -0.1) is 0 Å². The summed E-state index contributed by atoms with van der Waals surface area (Å²) in [6.45, 7) is 0. The van der Waals surface area contributed by atoms with Crippen LogP contribution >= 0.6 is 15.9 Å². The lowest BCUT2D eigenvalue weighted by molar-refractivity contribution is 0.380. The van der Waals surface area contributed by atoms with Gasteiger partial charge in [0.05, 0.1) is 6.42 Å². The lowest BCUT2D eigenvalue weighted by Crippen LogP contribution is -1.93. The monoisotopic (exact) mass is 343 g/mol. The zero-order chi connectivity index (χ0) is 14.7. The number of benzene rings is 2. The van der Waals surface area contributed by atoms with Crippen molar-refractivity contribution in [1.82, 2.24) is 10.1 Å². The highest BCUT2D eigenvalue weighted by Crippen LogP contribution is 2.21. The van der Waals surface area contributed by atoms with Gasteiger partial charge in [0, 0.05) is 16.6 Å². The van der Waals surface area contributed by atoms with Gasteiger partial charge in [-0.3, -0.25) is 0 Å². The molecule has 0 bridgehead atoms. The summed E-state index contributed by atoms with van der Waals surface area (Å²) in [5.41, 5.74) is 8.73. The molecule has 0 radical (unpaired) electrons. The average Bonchev–Trinajstić information content (AvgIpc) is 2.91. The van der Waals surface area contributed by atoms with Crippen LogP contribution < -0.4 is 5.73 Å². The average molecular weight is 344 g/mol. The second kappa shape index (κ2) is 6.10. The van der Waals surface area contributed by atoms with Crippen LogP contribution in [0.3, 0.4) is 0 Å². The first-order chi connectivity index (χ1) is 10.2. The number of nitrogens with zero attached hydrogens (tertiary/aromatic N) is 2. The highest BCUT2D eigenvalue weighted by atomic mass is 79.9. The zero-order valence-corrected chi connectivity index (χ0v) is 12.9. The number of nitrogen functional groups attached to an aromatic ring is 1. The highest BCUT2D eigenvalue weighted by Gasteiger charge is 2.08. The molecule has 0 saturated heterocycles. The molecular weight excluding hydrogens is 330 g/mol. The van der Waals surface area contributed by atoms with E-state index in [2.05, 4.69) is 26.1 Å². The quantitative estimate of drug-likeness (QED) is 0.735. The largest absolute Gasteiger partial charge is 0.398 e. The van der Waals surface area contributed by atoms with Crippen molar-refractivity contribution in [3.8, 4) is 0 Å². The third-order valence-corrected chi connectivity index (χ3v) is 3.82. The fourth-order valence-electron chi connectivity index (χ4n) is 2.07. The molecule has 3 aromatic rings. The fraction of sp³-hybridized carbons (Fsp3) is 0.125. The first kappa shape index (κ1) is 13.8. The minimum atomic E-state index is 0.598. The summed E-state index contributed by atoms with van der Waals surface area (Å²) >= 11 is 3.42. The molecule has 0 fully saturated rings. The number of anilines is 1. The summed E-state index contributed by atoms with van der Waals surface area (Å²) in [5, 5.41) is 4.03. The van der Waals surface area contributed by atoms with E-state index in [1.165, 1.54) is 5.56 Å². The molecule has 0 saturated carbocycles. The number of rotatable bonds is 4. The van der Waals surface area contributed by atoms with Gasteiger partial charge in [0.25, 0.3) is 0 Å². The van der Waals surface area contributed by atoms with Crippen molar-refractivity contribution in [1.29, 1.82) is 0 Å². The van der Waals surface area contributed by atoms with Crippen LogP contribution in [-0.4, -0.2) is 10.1 Å². The Morgan fingerprint density at radius 2 is 1.81 bits per heavy atom. The van der Waals surface area contributed by atoms with Crippen LogP contribution in [0.25, 0.3) is 0 Å². The Kier molecular flexibility index (Phi) is 4.01. The first-order valence-electron chi connectivity index (χ1n) is 6.60. The van der Waals surface area contributed by atoms with Gasteiger partial charge in [0.1, 0.15) is 0 Å². The van der Waals surface area contributed by atoms with Crippen LogP contribution in [0, 0.1) is 0 Å². The highest BCUT2D eigenvalue weighted by molar-refractivity contribution is 9.10. The molecule has 2 aromatic carbocycles. The van der Waals surface area contributed by atoms with Gasteiger partial charge in [-0.1, -0.05) is 41.6 Å². The Balaban J connectivity index is 1.71. The Hall–Kier alpha value is -2.14. The molecule has 0 spiro atoms. The van der Waals surface area contributed by atoms with Crippen LogP contribution in [0.1, 0.15) is 22.8 Å². The van der Waals surface area contributed by atoms with E-state index in [0.717, 1.165) is 10.0 Å². The summed E-state index contributed by atoms with van der Waals surface area (Å²) in [6.07, 6.45) is 1.27. The SMILES string of the molecule is Nc1ccc(Cc2nc(Cc3ccccc3)no2)cc1Br. The standard InChI is InChI=1S/C16H14BrN3O/c17-13-8-12(6-7-14(13)18)10-16-19-15(20-21-16)9-11-4-2-1-3-5-11/h1-8H,9-10,18H2. The maximum Gasteiger partial charge on any atom is 0.231 e. The van der Waals surface area contributed by atoms with Crippen molar-refractivity contribution >= 4 is 21.6 Å². The minimum Gasteiger partial charge on any atom is -0.398 e. The molecule has 0 amide bonds. The predicted molar refractivity (Wildman–Crippen MR) is 84.9 cm³/mol. The summed E-state index contributed by atoms with van der Waals surface area (Å²) in [5.74, 6) is 1.31. The van der Waals surface area contributed by atoms with Gasteiger partial charge in [0.2, 0.25) is 5.89 Å². The first-order valence-corrected chi connectivity index (χ1v) is 7.39. The molecule has 106 valence electrons. The van der Waals surface area contributed by atoms with Gasteiger partial charge in [-0.25, -0.2) is 0 Å². The van der Waals surface area contributed by atoms with E-state index in [0.29, 0.717) is 30.2 Å². The smallest absolute Gasteiger partial charge is 0.231 e. The molecule has 0 aliphatic heterocycles. The molecule has 5 heteroatoms. The summed E-state index contributed by atoms with van der Waals surface area (Å²) in [6, 6.07) is 15.9. The van der Waals surface area contributed by atoms with Crippen molar-refractivity contribution in [2.45, 2.75) is 12.8 Å². The van der Waals surface area contributed by atoms with E-state index in [9.17, 15) is 0 Å². The second-order valence-corrected chi connectivity index (χ2v) is 5.65. The molecule has 0 aliphatic rings. The van der Waals surface area contributed by atoms with Crippen LogP contribution in [0.4, 0.5) is 5.69 Å². The third kappa shape index (κ3) is 3.49. The molecule has 1 aromatic heterocycles. The molecular formula is C16H14BrN3O. The molecule has 21 heavy (non-hydrogen) atoms. The number of hydrogen-bond donors (Lipinski definition) is 1. The minimum absolute atomic E-state index is 0.598. The molecule has 0 atom stereocenters.